The Labute approximate surface area is 161 Å². The second-order valence-corrected chi connectivity index (χ2v) is 6.18. The third-order valence-corrected chi connectivity index (χ3v) is 4.42. The number of carbonyl (C=O) groups is 1. The molecule has 1 aliphatic heterocycles. The molecule has 4 rings (SSSR count). The summed E-state index contributed by atoms with van der Waals surface area (Å²) < 4.78 is 7.20. The first-order chi connectivity index (χ1) is 13.7. The normalized spacial score (nSPS) is 15.6. The number of aromatic nitrogens is 5. The van der Waals surface area contributed by atoms with Crippen molar-refractivity contribution in [2.24, 2.45) is 0 Å². The predicted molar refractivity (Wildman–Crippen MR) is 103 cm³/mol. The van der Waals surface area contributed by atoms with Gasteiger partial charge in [-0.1, -0.05) is 17.2 Å². The van der Waals surface area contributed by atoms with Gasteiger partial charge < -0.3 is 15.4 Å². The van der Waals surface area contributed by atoms with Crippen molar-refractivity contribution in [2.75, 3.05) is 17.2 Å². The summed E-state index contributed by atoms with van der Waals surface area (Å²) in [4.78, 5) is 17.4. The Morgan fingerprint density at radius 3 is 2.82 bits per heavy atom. The zero-order valence-corrected chi connectivity index (χ0v) is 15.5. The van der Waals surface area contributed by atoms with Crippen LogP contribution in [0.5, 0.6) is 5.75 Å². The van der Waals surface area contributed by atoms with Crippen molar-refractivity contribution in [3.8, 4) is 5.75 Å². The van der Waals surface area contributed by atoms with Crippen LogP contribution in [0.25, 0.3) is 0 Å². The van der Waals surface area contributed by atoms with Crippen LogP contribution in [-0.2, 0) is 4.79 Å². The van der Waals surface area contributed by atoms with Crippen LogP contribution in [0.2, 0.25) is 0 Å². The van der Waals surface area contributed by atoms with E-state index in [9.17, 15) is 4.79 Å². The van der Waals surface area contributed by atoms with E-state index < -0.39 is 6.04 Å². The maximum absolute atomic E-state index is 13.3. The van der Waals surface area contributed by atoms with Gasteiger partial charge in [0.15, 0.2) is 0 Å². The number of anilines is 2. The molecule has 2 N–H and O–H groups in total. The summed E-state index contributed by atoms with van der Waals surface area (Å²) in [5, 5.41) is 17.8. The fourth-order valence-corrected chi connectivity index (χ4v) is 3.20. The van der Waals surface area contributed by atoms with Gasteiger partial charge in [0, 0.05) is 18.1 Å². The lowest BCUT2D eigenvalue weighted by atomic mass is 9.96. The molecule has 0 fully saturated rings. The molecule has 28 heavy (non-hydrogen) atoms. The fourth-order valence-electron chi connectivity index (χ4n) is 3.20. The van der Waals surface area contributed by atoms with Crippen LogP contribution in [0.4, 0.5) is 11.6 Å². The molecule has 0 saturated carbocycles. The molecular formula is C19H19N7O2. The van der Waals surface area contributed by atoms with E-state index >= 15 is 0 Å². The molecule has 1 amide bonds. The smallest absolute Gasteiger partial charge is 0.255 e. The molecule has 0 saturated heterocycles. The van der Waals surface area contributed by atoms with Gasteiger partial charge in [-0.15, -0.1) is 0 Å². The Bertz CT molecular complexity index is 1030. The first-order valence-corrected chi connectivity index (χ1v) is 8.87. The highest BCUT2D eigenvalue weighted by Gasteiger charge is 2.34. The Balaban J connectivity index is 1.73. The van der Waals surface area contributed by atoms with Gasteiger partial charge in [0.1, 0.15) is 11.8 Å². The fraction of sp³-hybridized carbons (Fsp3) is 0.211. The lowest BCUT2D eigenvalue weighted by molar-refractivity contribution is -0.113. The summed E-state index contributed by atoms with van der Waals surface area (Å²) in [6.45, 7) is 4.23. The van der Waals surface area contributed by atoms with Crippen molar-refractivity contribution in [1.29, 1.82) is 0 Å². The van der Waals surface area contributed by atoms with E-state index in [0.29, 0.717) is 35.3 Å². The number of nitrogens with one attached hydrogen (secondary N) is 2. The van der Waals surface area contributed by atoms with E-state index in [4.69, 9.17) is 4.74 Å². The highest BCUT2D eigenvalue weighted by molar-refractivity contribution is 6.06. The number of ether oxygens (including phenoxy) is 1. The molecule has 3 heterocycles. The first-order valence-electron chi connectivity index (χ1n) is 8.87. The summed E-state index contributed by atoms with van der Waals surface area (Å²) in [6, 6.07) is 10.5. The zero-order chi connectivity index (χ0) is 19.5. The van der Waals surface area contributed by atoms with E-state index in [2.05, 4.69) is 31.1 Å². The highest BCUT2D eigenvalue weighted by Crippen LogP contribution is 2.35. The number of carbonyl (C=O) groups excluding carboxylic acids is 1. The van der Waals surface area contributed by atoms with Crippen molar-refractivity contribution in [1.82, 2.24) is 25.2 Å². The summed E-state index contributed by atoms with van der Waals surface area (Å²) in [6.07, 6.45) is 3.35. The molecule has 1 atom stereocenters. The number of pyridine rings is 1. The van der Waals surface area contributed by atoms with Crippen LogP contribution in [0.1, 0.15) is 25.5 Å². The van der Waals surface area contributed by atoms with Crippen molar-refractivity contribution < 1.29 is 9.53 Å². The van der Waals surface area contributed by atoms with Crippen LogP contribution in [0.3, 0.4) is 0 Å². The maximum atomic E-state index is 13.3. The standard InChI is InChI=1S/C19H19N7O2/c1-3-28-15-7-5-4-6-14(15)22-18(27)16-12(2)21-19-23-24-25-26(19)17(16)13-8-10-20-11-9-13/h4-11,17H,3H2,1-2H3,(H,22,27)(H,21,23,25). The average molecular weight is 377 g/mol. The number of fused-ring (bicyclic) bond motifs is 1. The Morgan fingerprint density at radius 2 is 2.04 bits per heavy atom. The predicted octanol–water partition coefficient (Wildman–Crippen LogP) is 2.39. The molecule has 2 aromatic heterocycles. The van der Waals surface area contributed by atoms with Gasteiger partial charge in [0.25, 0.3) is 5.91 Å². The van der Waals surface area contributed by atoms with Crippen LogP contribution >= 0.6 is 0 Å². The summed E-state index contributed by atoms with van der Waals surface area (Å²) in [7, 11) is 0. The first kappa shape index (κ1) is 17.7. The minimum Gasteiger partial charge on any atom is -0.492 e. The molecular weight excluding hydrogens is 358 g/mol. The minimum absolute atomic E-state index is 0.264. The lowest BCUT2D eigenvalue weighted by Crippen LogP contribution is -2.31. The Morgan fingerprint density at radius 1 is 1.25 bits per heavy atom. The topological polar surface area (TPSA) is 107 Å². The molecule has 0 spiro atoms. The summed E-state index contributed by atoms with van der Waals surface area (Å²) in [5.41, 5.74) is 2.64. The molecule has 1 unspecified atom stereocenters. The van der Waals surface area contributed by atoms with Crippen molar-refractivity contribution in [3.05, 3.63) is 65.6 Å². The van der Waals surface area contributed by atoms with Gasteiger partial charge in [0.2, 0.25) is 5.95 Å². The van der Waals surface area contributed by atoms with Crippen molar-refractivity contribution in [2.45, 2.75) is 19.9 Å². The van der Waals surface area contributed by atoms with Crippen LogP contribution in [-0.4, -0.2) is 37.7 Å². The number of rotatable bonds is 5. The Kier molecular flexibility index (Phi) is 4.71. The number of hydrogen-bond donors (Lipinski definition) is 2. The quantitative estimate of drug-likeness (QED) is 0.703. The van der Waals surface area contributed by atoms with E-state index in [0.717, 1.165) is 5.56 Å². The maximum Gasteiger partial charge on any atom is 0.255 e. The number of hydrogen-bond acceptors (Lipinski definition) is 7. The largest absolute Gasteiger partial charge is 0.492 e. The number of allylic oxidation sites excluding steroid dienone is 1. The molecule has 9 heteroatoms. The van der Waals surface area contributed by atoms with Gasteiger partial charge in [-0.05, 0) is 54.1 Å². The van der Waals surface area contributed by atoms with E-state index in [1.807, 2.05) is 44.2 Å². The molecule has 3 aromatic rings. The van der Waals surface area contributed by atoms with Gasteiger partial charge in [-0.3, -0.25) is 9.78 Å². The van der Waals surface area contributed by atoms with E-state index in [1.54, 1.807) is 23.1 Å². The van der Waals surface area contributed by atoms with E-state index in [-0.39, 0.29) is 5.91 Å². The summed E-state index contributed by atoms with van der Waals surface area (Å²) in [5.74, 6) is 0.828. The molecule has 9 nitrogen and oxygen atoms in total. The number of tetrazole rings is 1. The number of amides is 1. The Hall–Kier alpha value is -3.75. The molecule has 0 radical (unpaired) electrons. The third kappa shape index (κ3) is 3.18. The van der Waals surface area contributed by atoms with Gasteiger partial charge >= 0.3 is 0 Å². The zero-order valence-electron chi connectivity index (χ0n) is 15.5. The SMILES string of the molecule is CCOc1ccccc1NC(=O)C1=C(C)Nc2nnnn2C1c1ccncc1. The highest BCUT2D eigenvalue weighted by atomic mass is 16.5. The summed E-state index contributed by atoms with van der Waals surface area (Å²) >= 11 is 0. The molecule has 0 aliphatic carbocycles. The minimum atomic E-state index is -0.478. The van der Waals surface area contributed by atoms with Crippen molar-refractivity contribution in [3.63, 3.8) is 0 Å². The third-order valence-electron chi connectivity index (χ3n) is 4.42. The number of para-hydroxylation sites is 2. The van der Waals surface area contributed by atoms with Crippen LogP contribution < -0.4 is 15.4 Å². The van der Waals surface area contributed by atoms with E-state index in [1.165, 1.54) is 0 Å². The number of nitrogens with zero attached hydrogens (tertiary/aromatic N) is 5. The second kappa shape index (κ2) is 7.47. The molecule has 1 aromatic carbocycles. The van der Waals surface area contributed by atoms with Crippen LogP contribution in [0.15, 0.2) is 60.1 Å². The average Bonchev–Trinajstić information content (AvgIpc) is 3.17. The number of benzene rings is 1. The lowest BCUT2D eigenvalue weighted by Gasteiger charge is -2.28. The second-order valence-electron chi connectivity index (χ2n) is 6.18. The monoisotopic (exact) mass is 377 g/mol. The van der Waals surface area contributed by atoms with Gasteiger partial charge in [-0.25, -0.2) is 0 Å². The van der Waals surface area contributed by atoms with Gasteiger partial charge in [0.05, 0.1) is 17.9 Å². The van der Waals surface area contributed by atoms with Crippen molar-refractivity contribution >= 4 is 17.5 Å². The molecule has 142 valence electrons. The van der Waals surface area contributed by atoms with Gasteiger partial charge in [-0.2, -0.15) is 4.68 Å². The molecule has 1 aliphatic rings. The molecule has 0 bridgehead atoms. The van der Waals surface area contributed by atoms with Crippen LogP contribution in [0, 0.1) is 0 Å².